The predicted octanol–water partition coefficient (Wildman–Crippen LogP) is -0.450. The van der Waals surface area contributed by atoms with Crippen molar-refractivity contribution in [3.8, 4) is 0 Å². The number of carbonyl (C=O) groups is 2. The Labute approximate surface area is 121 Å². The van der Waals surface area contributed by atoms with Crippen LogP contribution >= 0.6 is 0 Å². The molecule has 21 heavy (non-hydrogen) atoms. The first-order valence-electron chi connectivity index (χ1n) is 5.92. The van der Waals surface area contributed by atoms with E-state index in [-0.39, 0.29) is 18.8 Å². The van der Waals surface area contributed by atoms with Crippen LogP contribution < -0.4 is 9.44 Å². The van der Waals surface area contributed by atoms with Crippen LogP contribution in [-0.4, -0.2) is 47.8 Å². The molecule has 1 aromatic heterocycles. The Bertz CT molecular complexity index is 609. The van der Waals surface area contributed by atoms with Gasteiger partial charge < -0.3 is 14.4 Å². The standard InChI is InChI=1S/C10H16N4O6S/c1-7(2)20-10(17)13-21(18,19)12-3-4-14-5-8(9(15)16)11-6-14/h5-7,12H,3-4H2,1-2H3,(H,13,17)(H,15,16). The minimum atomic E-state index is -4.03. The summed E-state index contributed by atoms with van der Waals surface area (Å²) >= 11 is 0. The van der Waals surface area contributed by atoms with E-state index in [4.69, 9.17) is 5.11 Å². The third-order valence-corrected chi connectivity index (χ3v) is 3.09. The average molecular weight is 320 g/mol. The lowest BCUT2D eigenvalue weighted by Gasteiger charge is -2.10. The van der Waals surface area contributed by atoms with Crippen molar-refractivity contribution in [1.29, 1.82) is 0 Å². The van der Waals surface area contributed by atoms with Crippen LogP contribution in [0.3, 0.4) is 0 Å². The number of ether oxygens (including phenoxy) is 1. The van der Waals surface area contributed by atoms with Gasteiger partial charge in [0.05, 0.1) is 12.4 Å². The van der Waals surface area contributed by atoms with E-state index in [9.17, 15) is 18.0 Å². The maximum atomic E-state index is 11.5. The molecule has 0 aliphatic carbocycles. The van der Waals surface area contributed by atoms with E-state index in [0.29, 0.717) is 0 Å². The van der Waals surface area contributed by atoms with E-state index >= 15 is 0 Å². The Morgan fingerprint density at radius 3 is 2.67 bits per heavy atom. The number of aromatic carboxylic acids is 1. The number of hydrogen-bond acceptors (Lipinski definition) is 6. The number of carboxylic acid groups (broad SMARTS) is 1. The van der Waals surface area contributed by atoms with E-state index < -0.39 is 28.4 Å². The van der Waals surface area contributed by atoms with Crippen LogP contribution in [0.4, 0.5) is 4.79 Å². The van der Waals surface area contributed by atoms with Gasteiger partial charge in [0.15, 0.2) is 5.69 Å². The number of carbonyl (C=O) groups excluding carboxylic acids is 1. The molecule has 0 unspecified atom stereocenters. The number of amides is 1. The fourth-order valence-corrected chi connectivity index (χ4v) is 1.99. The minimum absolute atomic E-state index is 0.0558. The van der Waals surface area contributed by atoms with Crippen molar-refractivity contribution in [2.75, 3.05) is 6.54 Å². The highest BCUT2D eigenvalue weighted by Gasteiger charge is 2.15. The summed E-state index contributed by atoms with van der Waals surface area (Å²) < 4.78 is 32.8. The second-order valence-electron chi connectivity index (χ2n) is 4.26. The Morgan fingerprint density at radius 2 is 2.14 bits per heavy atom. The van der Waals surface area contributed by atoms with Gasteiger partial charge in [-0.25, -0.2) is 19.3 Å². The molecular formula is C10H16N4O6S. The molecule has 118 valence electrons. The summed E-state index contributed by atoms with van der Waals surface area (Å²) in [7, 11) is -4.03. The second kappa shape index (κ2) is 7.04. The van der Waals surface area contributed by atoms with Gasteiger partial charge in [-0.1, -0.05) is 0 Å². The number of nitrogens with zero attached hydrogens (tertiary/aromatic N) is 2. The molecule has 11 heteroatoms. The molecule has 1 amide bonds. The molecule has 0 saturated heterocycles. The highest BCUT2D eigenvalue weighted by molar-refractivity contribution is 7.88. The molecule has 0 radical (unpaired) electrons. The van der Waals surface area contributed by atoms with Gasteiger partial charge in [-0.3, -0.25) is 0 Å². The molecule has 0 fully saturated rings. The third-order valence-electron chi connectivity index (χ3n) is 2.07. The molecular weight excluding hydrogens is 304 g/mol. The Kier molecular flexibility index (Phi) is 5.67. The topological polar surface area (TPSA) is 140 Å². The van der Waals surface area contributed by atoms with Crippen molar-refractivity contribution in [3.05, 3.63) is 18.2 Å². The number of imidazole rings is 1. The van der Waals surface area contributed by atoms with Gasteiger partial charge in [-0.05, 0) is 13.8 Å². The van der Waals surface area contributed by atoms with E-state index in [1.165, 1.54) is 17.1 Å². The fourth-order valence-electron chi connectivity index (χ4n) is 1.29. The summed E-state index contributed by atoms with van der Waals surface area (Å²) in [6, 6.07) is 0. The Hall–Kier alpha value is -2.14. The first-order chi connectivity index (χ1) is 9.69. The van der Waals surface area contributed by atoms with E-state index in [1.807, 2.05) is 0 Å². The summed E-state index contributed by atoms with van der Waals surface area (Å²) in [4.78, 5) is 25.4. The number of aromatic nitrogens is 2. The number of carboxylic acids is 1. The Balaban J connectivity index is 2.42. The molecule has 0 bridgehead atoms. The van der Waals surface area contributed by atoms with Crippen LogP contribution in [0.15, 0.2) is 12.5 Å². The van der Waals surface area contributed by atoms with Crippen LogP contribution in [0, 0.1) is 0 Å². The lowest BCUT2D eigenvalue weighted by molar-refractivity contribution is 0.0690. The molecule has 0 saturated carbocycles. The molecule has 0 aromatic carbocycles. The van der Waals surface area contributed by atoms with Gasteiger partial charge in [0.1, 0.15) is 0 Å². The molecule has 1 heterocycles. The highest BCUT2D eigenvalue weighted by Crippen LogP contribution is 1.95. The van der Waals surface area contributed by atoms with Gasteiger partial charge in [0, 0.05) is 19.3 Å². The lowest BCUT2D eigenvalue weighted by atomic mass is 10.5. The normalized spacial score (nSPS) is 11.4. The van der Waals surface area contributed by atoms with Gasteiger partial charge >= 0.3 is 22.3 Å². The maximum Gasteiger partial charge on any atom is 0.422 e. The van der Waals surface area contributed by atoms with Crippen LogP contribution in [0.1, 0.15) is 24.3 Å². The monoisotopic (exact) mass is 320 g/mol. The summed E-state index contributed by atoms with van der Waals surface area (Å²) in [5.74, 6) is -1.17. The molecule has 10 nitrogen and oxygen atoms in total. The van der Waals surface area contributed by atoms with Crippen LogP contribution in [0.2, 0.25) is 0 Å². The van der Waals surface area contributed by atoms with Crippen molar-refractivity contribution in [2.45, 2.75) is 26.5 Å². The maximum absolute atomic E-state index is 11.5. The predicted molar refractivity (Wildman–Crippen MR) is 70.9 cm³/mol. The summed E-state index contributed by atoms with van der Waals surface area (Å²) in [5, 5.41) is 8.68. The first kappa shape index (κ1) is 16.9. The first-order valence-corrected chi connectivity index (χ1v) is 7.41. The van der Waals surface area contributed by atoms with Crippen molar-refractivity contribution >= 4 is 22.3 Å². The molecule has 3 N–H and O–H groups in total. The lowest BCUT2D eigenvalue weighted by Crippen LogP contribution is -2.42. The number of rotatable bonds is 7. The zero-order valence-electron chi connectivity index (χ0n) is 11.4. The zero-order valence-corrected chi connectivity index (χ0v) is 12.3. The fraction of sp³-hybridized carbons (Fsp3) is 0.500. The third kappa shape index (κ3) is 6.23. The molecule has 0 atom stereocenters. The SMILES string of the molecule is CC(C)OC(=O)NS(=O)(=O)NCCn1cnc(C(=O)O)c1. The number of nitrogens with one attached hydrogen (secondary N) is 2. The van der Waals surface area contributed by atoms with Crippen molar-refractivity contribution in [2.24, 2.45) is 0 Å². The number of hydrogen-bond donors (Lipinski definition) is 3. The Morgan fingerprint density at radius 1 is 1.48 bits per heavy atom. The van der Waals surface area contributed by atoms with E-state index in [2.05, 4.69) is 14.4 Å². The highest BCUT2D eigenvalue weighted by atomic mass is 32.2. The second-order valence-corrected chi connectivity index (χ2v) is 5.76. The van der Waals surface area contributed by atoms with Crippen molar-refractivity contribution < 1.29 is 27.9 Å². The largest absolute Gasteiger partial charge is 0.476 e. The van der Waals surface area contributed by atoms with Gasteiger partial charge in [0.2, 0.25) is 0 Å². The van der Waals surface area contributed by atoms with E-state index in [0.717, 1.165) is 0 Å². The molecule has 0 aliphatic heterocycles. The van der Waals surface area contributed by atoms with Crippen molar-refractivity contribution in [1.82, 2.24) is 19.0 Å². The van der Waals surface area contributed by atoms with E-state index in [1.54, 1.807) is 18.6 Å². The van der Waals surface area contributed by atoms with Crippen LogP contribution in [-0.2, 0) is 21.5 Å². The average Bonchev–Trinajstić information content (AvgIpc) is 2.75. The van der Waals surface area contributed by atoms with Gasteiger partial charge in [0.25, 0.3) is 0 Å². The van der Waals surface area contributed by atoms with Crippen LogP contribution in [0.5, 0.6) is 0 Å². The van der Waals surface area contributed by atoms with Crippen molar-refractivity contribution in [3.63, 3.8) is 0 Å². The quantitative estimate of drug-likeness (QED) is 0.618. The minimum Gasteiger partial charge on any atom is -0.476 e. The zero-order chi connectivity index (χ0) is 16.0. The van der Waals surface area contributed by atoms with Crippen LogP contribution in [0.25, 0.3) is 0 Å². The molecule has 1 aromatic rings. The molecule has 0 aliphatic rings. The summed E-state index contributed by atoms with van der Waals surface area (Å²) in [6.45, 7) is 3.26. The smallest absolute Gasteiger partial charge is 0.422 e. The van der Waals surface area contributed by atoms with Gasteiger partial charge in [-0.15, -0.1) is 0 Å². The summed E-state index contributed by atoms with van der Waals surface area (Å²) in [6.07, 6.45) is 1.00. The van der Waals surface area contributed by atoms with Gasteiger partial charge in [-0.2, -0.15) is 13.1 Å². The summed E-state index contributed by atoms with van der Waals surface area (Å²) in [5.41, 5.74) is -0.142. The molecule has 0 spiro atoms. The molecule has 1 rings (SSSR count).